The van der Waals surface area contributed by atoms with Gasteiger partial charge in [-0.3, -0.25) is 0 Å². The first kappa shape index (κ1) is 7.40. The second kappa shape index (κ2) is 3.01. The maximum absolute atomic E-state index is 5.84. The van der Waals surface area contributed by atoms with Crippen LogP contribution in [0.1, 0.15) is 11.1 Å². The van der Waals surface area contributed by atoms with Crippen molar-refractivity contribution >= 4 is 19.9 Å². The van der Waals surface area contributed by atoms with Crippen LogP contribution in [0.25, 0.3) is 6.08 Å². The van der Waals surface area contributed by atoms with Crippen molar-refractivity contribution in [1.82, 2.24) is 0 Å². The monoisotopic (exact) mass is 251 g/mol. The zero-order valence-electron chi connectivity index (χ0n) is 5.70. The Morgan fingerprint density at radius 2 is 1.91 bits per heavy atom. The van der Waals surface area contributed by atoms with Crippen molar-refractivity contribution in [3.05, 3.63) is 41.5 Å². The van der Waals surface area contributed by atoms with Crippen molar-refractivity contribution < 1.29 is 15.7 Å². The van der Waals surface area contributed by atoms with E-state index in [0.29, 0.717) is 0 Å². The Morgan fingerprint density at radius 1 is 1.09 bits per heavy atom. The molecule has 1 aromatic rings. The van der Waals surface area contributed by atoms with Crippen molar-refractivity contribution in [2.45, 2.75) is 0 Å². The van der Waals surface area contributed by atoms with E-state index < -0.39 is 0 Å². The quantitative estimate of drug-likeness (QED) is 0.621. The summed E-state index contributed by atoms with van der Waals surface area (Å²) < 4.78 is 1.31. The van der Waals surface area contributed by atoms with E-state index in [-0.39, 0.29) is 15.7 Å². The third-order valence-electron chi connectivity index (χ3n) is 1.69. The number of rotatable bonds is 0. The van der Waals surface area contributed by atoms with Crippen LogP contribution in [-0.2, 0) is 15.7 Å². The molecule has 0 N–H and O–H groups in total. The van der Waals surface area contributed by atoms with Crippen molar-refractivity contribution in [2.24, 2.45) is 0 Å². The zero-order valence-corrected chi connectivity index (χ0v) is 8.19. The molecule has 0 amide bonds. The van der Waals surface area contributed by atoms with E-state index in [2.05, 4.69) is 36.4 Å². The fourth-order valence-electron chi connectivity index (χ4n) is 1.16. The summed E-state index contributed by atoms with van der Waals surface area (Å²) in [5, 5.41) is 0. The molecule has 0 nitrogen and oxygen atoms in total. The number of benzene rings is 1. The summed E-state index contributed by atoms with van der Waals surface area (Å²) in [5.41, 5.74) is 2.62. The van der Waals surface area contributed by atoms with E-state index >= 15 is 0 Å². The Balaban J connectivity index is 2.63. The summed E-state index contributed by atoms with van der Waals surface area (Å²) in [6.07, 6.45) is 4.25. The molecule has 0 spiro atoms. The van der Waals surface area contributed by atoms with Crippen LogP contribution in [0.4, 0.5) is 0 Å². The van der Waals surface area contributed by atoms with Crippen molar-refractivity contribution in [2.75, 3.05) is 0 Å². The van der Waals surface area contributed by atoms with Crippen LogP contribution in [0.2, 0.25) is 0 Å². The Bertz CT molecular complexity index is 339. The molecule has 1 aromatic carbocycles. The van der Waals surface area contributed by atoms with Crippen LogP contribution in [0, 0.1) is 0 Å². The van der Waals surface area contributed by atoms with Gasteiger partial charge in [0.1, 0.15) is 0 Å². The van der Waals surface area contributed by atoms with E-state index in [1.807, 2.05) is 0 Å². The molecule has 0 heterocycles. The van der Waals surface area contributed by atoms with E-state index in [4.69, 9.17) is 9.69 Å². The van der Waals surface area contributed by atoms with Crippen LogP contribution in [-0.4, -0.2) is 4.11 Å². The zero-order chi connectivity index (χ0) is 7.68. The predicted molar refractivity (Wildman–Crippen MR) is 45.4 cm³/mol. The van der Waals surface area contributed by atoms with Gasteiger partial charge in [0.15, 0.2) is 0 Å². The predicted octanol–water partition coefficient (Wildman–Crippen LogP) is 2.47. The molecule has 0 atom stereocenters. The van der Waals surface area contributed by atoms with Crippen LogP contribution >= 0.6 is 9.69 Å². The third-order valence-corrected chi connectivity index (χ3v) is 3.65. The minimum atomic E-state index is -0.122. The first-order valence-electron chi connectivity index (χ1n) is 3.30. The molecule has 1 aliphatic rings. The van der Waals surface area contributed by atoms with Gasteiger partial charge in [-0.1, -0.05) is 0 Å². The SMILES string of the molecule is [Cl][Ru]=[C]1C=Cc2ccccc21. The summed E-state index contributed by atoms with van der Waals surface area (Å²) in [4.78, 5) is 0. The molecule has 0 saturated heterocycles. The summed E-state index contributed by atoms with van der Waals surface area (Å²) in [5.74, 6) is 0. The molecule has 0 fully saturated rings. The molecule has 0 bridgehead atoms. The molecule has 0 unspecified atom stereocenters. The van der Waals surface area contributed by atoms with Crippen LogP contribution < -0.4 is 0 Å². The molecule has 2 heteroatoms. The molecule has 2 rings (SSSR count). The number of fused-ring (bicyclic) bond motifs is 1. The molecule has 0 aliphatic heterocycles. The second-order valence-corrected chi connectivity index (χ2v) is 4.38. The summed E-state index contributed by atoms with van der Waals surface area (Å²) in [6, 6.07) is 8.35. The van der Waals surface area contributed by atoms with Gasteiger partial charge in [-0.2, -0.15) is 0 Å². The van der Waals surface area contributed by atoms with Gasteiger partial charge < -0.3 is 0 Å². The number of hydrogen-bond donors (Lipinski definition) is 0. The molecule has 0 aromatic heterocycles. The topological polar surface area (TPSA) is 0 Å². The van der Waals surface area contributed by atoms with Gasteiger partial charge >= 0.3 is 77.0 Å². The van der Waals surface area contributed by atoms with Crippen LogP contribution in [0.3, 0.4) is 0 Å². The van der Waals surface area contributed by atoms with E-state index in [1.54, 1.807) is 0 Å². The molecular weight excluding hydrogens is 245 g/mol. The van der Waals surface area contributed by atoms with E-state index in [1.165, 1.54) is 15.2 Å². The Kier molecular flexibility index (Phi) is 2.02. The molecule has 0 radical (unpaired) electrons. The van der Waals surface area contributed by atoms with Gasteiger partial charge in [-0.15, -0.1) is 0 Å². The Hall–Kier alpha value is -0.257. The van der Waals surface area contributed by atoms with Crippen LogP contribution in [0.15, 0.2) is 30.3 Å². The first-order chi connectivity index (χ1) is 5.42. The van der Waals surface area contributed by atoms with Crippen LogP contribution in [0.5, 0.6) is 0 Å². The fraction of sp³-hybridized carbons (Fsp3) is 0. The van der Waals surface area contributed by atoms with E-state index in [9.17, 15) is 0 Å². The Labute approximate surface area is 77.0 Å². The molecule has 11 heavy (non-hydrogen) atoms. The molecule has 0 saturated carbocycles. The fourth-order valence-corrected chi connectivity index (χ4v) is 2.68. The van der Waals surface area contributed by atoms with Gasteiger partial charge in [0.05, 0.1) is 0 Å². The van der Waals surface area contributed by atoms with Crippen molar-refractivity contribution in [3.8, 4) is 0 Å². The van der Waals surface area contributed by atoms with E-state index in [0.717, 1.165) is 0 Å². The average molecular weight is 251 g/mol. The van der Waals surface area contributed by atoms with Gasteiger partial charge in [0, 0.05) is 0 Å². The van der Waals surface area contributed by atoms with Gasteiger partial charge in [-0.25, -0.2) is 0 Å². The maximum atomic E-state index is 5.84. The number of halogens is 1. The van der Waals surface area contributed by atoms with Gasteiger partial charge in [-0.05, 0) is 0 Å². The minimum absolute atomic E-state index is 0.122. The van der Waals surface area contributed by atoms with Crippen molar-refractivity contribution in [1.29, 1.82) is 0 Å². The molecule has 57 valence electrons. The first-order valence-corrected chi connectivity index (χ1v) is 6.41. The van der Waals surface area contributed by atoms with Gasteiger partial charge in [0.25, 0.3) is 0 Å². The number of hydrogen-bond acceptors (Lipinski definition) is 0. The number of allylic oxidation sites excluding steroid dienone is 1. The summed E-state index contributed by atoms with van der Waals surface area (Å²) in [6.45, 7) is 0. The summed E-state index contributed by atoms with van der Waals surface area (Å²) in [7, 11) is 5.84. The normalized spacial score (nSPS) is 18.1. The molecule has 1 aliphatic carbocycles. The molecular formula is C9H6ClRu. The second-order valence-electron chi connectivity index (χ2n) is 2.32. The summed E-state index contributed by atoms with van der Waals surface area (Å²) >= 11 is -0.122. The third kappa shape index (κ3) is 1.24. The standard InChI is InChI=1S/C9H6.ClH.Ru/c1-2-5-9-7-3-6-8(9)4-1;;/h1-6H;1H;/q;;+1/p-1. The average Bonchev–Trinajstić information content (AvgIpc) is 2.47. The van der Waals surface area contributed by atoms with Gasteiger partial charge in [0.2, 0.25) is 0 Å². The Morgan fingerprint density at radius 3 is 2.73 bits per heavy atom. The van der Waals surface area contributed by atoms with Crippen molar-refractivity contribution in [3.63, 3.8) is 0 Å².